The van der Waals surface area contributed by atoms with Crippen LogP contribution >= 0.6 is 0 Å². The van der Waals surface area contributed by atoms with Crippen molar-refractivity contribution in [2.24, 2.45) is 5.92 Å². The molecule has 170 valence electrons. The van der Waals surface area contributed by atoms with Crippen LogP contribution in [0.5, 0.6) is 0 Å². The molecule has 9 heteroatoms. The van der Waals surface area contributed by atoms with Gasteiger partial charge in [0.25, 0.3) is 5.89 Å². The number of hydrogen-bond donors (Lipinski definition) is 1. The van der Waals surface area contributed by atoms with E-state index in [1.807, 2.05) is 10.9 Å². The van der Waals surface area contributed by atoms with Gasteiger partial charge in [-0.15, -0.1) is 0 Å². The van der Waals surface area contributed by atoms with Crippen molar-refractivity contribution in [3.05, 3.63) is 60.4 Å². The molecule has 0 spiro atoms. The van der Waals surface area contributed by atoms with Crippen LogP contribution in [0.4, 0.5) is 5.95 Å². The molecule has 0 bridgehead atoms. The number of hydrogen-bond acceptors (Lipinski definition) is 8. The number of ether oxygens (including phenoxy) is 1. The zero-order valence-electron chi connectivity index (χ0n) is 18.8. The van der Waals surface area contributed by atoms with Crippen LogP contribution in [0.15, 0.2) is 53.6 Å². The molecular weight excluding hydrogens is 418 g/mol. The Bertz CT molecular complexity index is 1210. The van der Waals surface area contributed by atoms with E-state index in [1.165, 1.54) is 6.42 Å². The Morgan fingerprint density at radius 1 is 1.09 bits per heavy atom. The van der Waals surface area contributed by atoms with Gasteiger partial charge in [0.05, 0.1) is 30.3 Å². The van der Waals surface area contributed by atoms with Gasteiger partial charge in [-0.05, 0) is 36.8 Å². The maximum atomic E-state index is 5.69. The van der Waals surface area contributed by atoms with E-state index in [2.05, 4.69) is 51.4 Å². The van der Waals surface area contributed by atoms with E-state index in [-0.39, 0.29) is 11.4 Å². The highest BCUT2D eigenvalue weighted by atomic mass is 16.5. The van der Waals surface area contributed by atoms with Gasteiger partial charge in [-0.25, -0.2) is 9.97 Å². The Morgan fingerprint density at radius 2 is 1.85 bits per heavy atom. The summed E-state index contributed by atoms with van der Waals surface area (Å²) in [6.45, 7) is 3.48. The second kappa shape index (κ2) is 8.74. The molecule has 0 aliphatic heterocycles. The van der Waals surface area contributed by atoms with Gasteiger partial charge in [-0.2, -0.15) is 10.1 Å². The molecule has 1 fully saturated rings. The molecule has 1 aliphatic carbocycles. The van der Waals surface area contributed by atoms with Crippen molar-refractivity contribution in [1.82, 2.24) is 29.9 Å². The first kappa shape index (κ1) is 21.3. The third-order valence-corrected chi connectivity index (χ3v) is 6.71. The number of benzene rings is 1. The standard InChI is InChI=1S/C24H27N7O2/c1-24(19-4-3-5-19,20-8-6-16(7-9-20)17-12-26-23(25)27-13-17)22-29-21(33-30-22)18-14-28-31(15-18)10-11-32-2/h6-9,12-15,19H,3-5,10-11H2,1-2H3,(H2,25,26,27)/t24-/m0/s1. The first-order chi connectivity index (χ1) is 16.1. The monoisotopic (exact) mass is 445 g/mol. The Balaban J connectivity index is 1.45. The van der Waals surface area contributed by atoms with E-state index < -0.39 is 0 Å². The summed E-state index contributed by atoms with van der Waals surface area (Å²) in [7, 11) is 1.67. The van der Waals surface area contributed by atoms with Gasteiger partial charge in [0.2, 0.25) is 5.95 Å². The topological polar surface area (TPSA) is 118 Å². The van der Waals surface area contributed by atoms with Crippen molar-refractivity contribution in [2.45, 2.75) is 38.1 Å². The fourth-order valence-corrected chi connectivity index (χ4v) is 4.36. The van der Waals surface area contributed by atoms with Crippen LogP contribution in [-0.2, 0) is 16.7 Å². The van der Waals surface area contributed by atoms with E-state index in [0.29, 0.717) is 30.8 Å². The second-order valence-corrected chi connectivity index (χ2v) is 8.65. The Kier molecular flexibility index (Phi) is 5.63. The minimum absolute atomic E-state index is 0.269. The van der Waals surface area contributed by atoms with Gasteiger partial charge >= 0.3 is 0 Å². The maximum Gasteiger partial charge on any atom is 0.261 e. The van der Waals surface area contributed by atoms with E-state index in [9.17, 15) is 0 Å². The summed E-state index contributed by atoms with van der Waals surface area (Å²) in [6, 6.07) is 8.45. The van der Waals surface area contributed by atoms with Crippen LogP contribution in [-0.4, -0.2) is 43.6 Å². The molecule has 3 heterocycles. The summed E-state index contributed by atoms with van der Waals surface area (Å²) < 4.78 is 12.6. The highest BCUT2D eigenvalue weighted by molar-refractivity contribution is 5.62. The Morgan fingerprint density at radius 3 is 2.52 bits per heavy atom. The number of nitrogens with zero attached hydrogens (tertiary/aromatic N) is 6. The van der Waals surface area contributed by atoms with E-state index in [0.717, 1.165) is 35.1 Å². The van der Waals surface area contributed by atoms with Crippen LogP contribution in [0.2, 0.25) is 0 Å². The van der Waals surface area contributed by atoms with Crippen LogP contribution in [0.25, 0.3) is 22.6 Å². The number of nitrogen functional groups attached to an aromatic ring is 1. The summed E-state index contributed by atoms with van der Waals surface area (Å²) >= 11 is 0. The molecule has 3 aromatic heterocycles. The summed E-state index contributed by atoms with van der Waals surface area (Å²) in [5.74, 6) is 1.91. The molecule has 1 saturated carbocycles. The van der Waals surface area contributed by atoms with Gasteiger partial charge in [-0.1, -0.05) is 35.8 Å². The molecule has 0 unspecified atom stereocenters. The molecule has 0 amide bonds. The van der Waals surface area contributed by atoms with Crippen LogP contribution < -0.4 is 5.73 Å². The summed E-state index contributed by atoms with van der Waals surface area (Å²) in [5.41, 5.74) is 9.20. The van der Waals surface area contributed by atoms with Crippen molar-refractivity contribution < 1.29 is 9.26 Å². The maximum absolute atomic E-state index is 5.69. The normalized spacial score (nSPS) is 15.8. The van der Waals surface area contributed by atoms with Crippen LogP contribution in [0, 0.1) is 5.92 Å². The lowest BCUT2D eigenvalue weighted by atomic mass is 9.62. The minimum atomic E-state index is -0.345. The highest BCUT2D eigenvalue weighted by Crippen LogP contribution is 2.47. The van der Waals surface area contributed by atoms with E-state index >= 15 is 0 Å². The van der Waals surface area contributed by atoms with Gasteiger partial charge in [0.1, 0.15) is 0 Å². The summed E-state index contributed by atoms with van der Waals surface area (Å²) in [5, 5.41) is 8.78. The lowest BCUT2D eigenvalue weighted by Gasteiger charge is -2.41. The first-order valence-electron chi connectivity index (χ1n) is 11.1. The summed E-state index contributed by atoms with van der Waals surface area (Å²) in [6.07, 6.45) is 10.6. The molecule has 33 heavy (non-hydrogen) atoms. The fraction of sp³-hybridized carbons (Fsp3) is 0.375. The van der Waals surface area contributed by atoms with Crippen molar-refractivity contribution in [3.63, 3.8) is 0 Å². The van der Waals surface area contributed by atoms with Crippen molar-refractivity contribution in [3.8, 4) is 22.6 Å². The molecule has 1 atom stereocenters. The second-order valence-electron chi connectivity index (χ2n) is 8.65. The molecule has 4 aromatic rings. The zero-order chi connectivity index (χ0) is 22.8. The Hall–Kier alpha value is -3.59. The number of rotatable bonds is 8. The lowest BCUT2D eigenvalue weighted by Crippen LogP contribution is -2.38. The molecule has 0 saturated heterocycles. The fourth-order valence-electron chi connectivity index (χ4n) is 4.36. The van der Waals surface area contributed by atoms with E-state index in [1.54, 1.807) is 25.7 Å². The van der Waals surface area contributed by atoms with Crippen LogP contribution in [0.3, 0.4) is 0 Å². The third kappa shape index (κ3) is 4.00. The minimum Gasteiger partial charge on any atom is -0.383 e. The number of anilines is 1. The number of aromatic nitrogens is 6. The summed E-state index contributed by atoms with van der Waals surface area (Å²) in [4.78, 5) is 13.0. The van der Waals surface area contributed by atoms with Gasteiger partial charge in [0.15, 0.2) is 5.82 Å². The number of methoxy groups -OCH3 is 1. The molecule has 9 nitrogen and oxygen atoms in total. The Labute approximate surface area is 192 Å². The van der Waals surface area contributed by atoms with Crippen molar-refractivity contribution >= 4 is 5.95 Å². The quantitative estimate of drug-likeness (QED) is 0.436. The molecular formula is C24H27N7O2. The predicted molar refractivity (Wildman–Crippen MR) is 123 cm³/mol. The predicted octanol–water partition coefficient (Wildman–Crippen LogP) is 3.72. The third-order valence-electron chi connectivity index (χ3n) is 6.71. The molecule has 1 aromatic carbocycles. The first-order valence-corrected chi connectivity index (χ1v) is 11.1. The largest absolute Gasteiger partial charge is 0.383 e. The smallest absolute Gasteiger partial charge is 0.261 e. The van der Waals surface area contributed by atoms with Crippen molar-refractivity contribution in [1.29, 1.82) is 0 Å². The molecule has 5 rings (SSSR count). The van der Waals surface area contributed by atoms with Gasteiger partial charge < -0.3 is 15.0 Å². The average molecular weight is 446 g/mol. The number of nitrogens with two attached hydrogens (primary N) is 1. The van der Waals surface area contributed by atoms with Crippen LogP contribution in [0.1, 0.15) is 37.6 Å². The highest BCUT2D eigenvalue weighted by Gasteiger charge is 2.44. The molecule has 2 N–H and O–H groups in total. The zero-order valence-corrected chi connectivity index (χ0v) is 18.8. The molecule has 1 aliphatic rings. The van der Waals surface area contributed by atoms with E-state index in [4.69, 9.17) is 20.0 Å². The van der Waals surface area contributed by atoms with Gasteiger partial charge in [0, 0.05) is 31.3 Å². The van der Waals surface area contributed by atoms with Crippen molar-refractivity contribution in [2.75, 3.05) is 19.5 Å². The SMILES string of the molecule is COCCn1cc(-c2nc([C@](C)(c3ccc(-c4cnc(N)nc4)cc3)C3CCC3)no2)cn1. The van der Waals surface area contributed by atoms with Gasteiger partial charge in [-0.3, -0.25) is 4.68 Å². The average Bonchev–Trinajstić information content (AvgIpc) is 3.47. The molecule has 0 radical (unpaired) electrons. The lowest BCUT2D eigenvalue weighted by molar-refractivity contribution is 0.183.